The number of rotatable bonds is 7. The quantitative estimate of drug-likeness (QED) is 0.253. The van der Waals surface area contributed by atoms with E-state index in [0.717, 1.165) is 28.7 Å². The van der Waals surface area contributed by atoms with Crippen molar-refractivity contribution in [2.24, 2.45) is 7.05 Å². The Morgan fingerprint density at radius 2 is 1.94 bits per heavy atom. The van der Waals surface area contributed by atoms with Crippen LogP contribution >= 0.6 is 11.6 Å². The van der Waals surface area contributed by atoms with Gasteiger partial charge in [0.05, 0.1) is 11.9 Å². The summed E-state index contributed by atoms with van der Waals surface area (Å²) in [7, 11) is 1.93. The van der Waals surface area contributed by atoms with Crippen molar-refractivity contribution in [2.45, 2.75) is 12.5 Å². The fraction of sp³-hybridized carbons (Fsp3) is 0.115. The number of hydrogen-bond acceptors (Lipinski definition) is 5. The topological polar surface area (TPSA) is 90.2 Å². The van der Waals surface area contributed by atoms with Crippen LogP contribution in [0, 0.1) is 0 Å². The molecule has 0 saturated carbocycles. The first-order chi connectivity index (χ1) is 16.5. The highest BCUT2D eigenvalue weighted by Gasteiger charge is 2.29. The Morgan fingerprint density at radius 1 is 1.12 bits per heavy atom. The van der Waals surface area contributed by atoms with Gasteiger partial charge in [-0.25, -0.2) is 4.98 Å². The normalized spacial score (nSPS) is 12.1. The summed E-state index contributed by atoms with van der Waals surface area (Å²) in [6.07, 6.45) is 4.75. The van der Waals surface area contributed by atoms with Gasteiger partial charge in [0.25, 0.3) is 0 Å². The highest BCUT2D eigenvalue weighted by molar-refractivity contribution is 6.31. The van der Waals surface area contributed by atoms with Crippen LogP contribution in [0.1, 0.15) is 17.6 Å². The number of amides is 1. The number of imidazole rings is 1. The minimum Gasteiger partial charge on any atom is -0.440 e. The van der Waals surface area contributed by atoms with Crippen molar-refractivity contribution in [3.05, 3.63) is 95.7 Å². The van der Waals surface area contributed by atoms with Crippen LogP contribution in [0.4, 0.5) is 11.6 Å². The molecular weight excluding hydrogens is 450 g/mol. The zero-order valence-electron chi connectivity index (χ0n) is 18.4. The van der Waals surface area contributed by atoms with Crippen LogP contribution in [0.2, 0.25) is 5.02 Å². The number of carbonyl (C=O) groups excluding carboxylic acids is 1. The lowest BCUT2D eigenvalue weighted by Crippen LogP contribution is -2.31. The van der Waals surface area contributed by atoms with Gasteiger partial charge >= 0.3 is 0 Å². The van der Waals surface area contributed by atoms with Crippen LogP contribution in [-0.4, -0.2) is 20.9 Å². The van der Waals surface area contributed by atoms with Gasteiger partial charge in [0.1, 0.15) is 17.4 Å². The van der Waals surface area contributed by atoms with Gasteiger partial charge in [0, 0.05) is 47.5 Å². The number of aromatic nitrogens is 3. The smallest absolute Gasteiger partial charge is 0.217 e. The van der Waals surface area contributed by atoms with Gasteiger partial charge < -0.3 is 14.7 Å². The van der Waals surface area contributed by atoms with E-state index in [4.69, 9.17) is 26.7 Å². The maximum atomic E-state index is 12.4. The van der Waals surface area contributed by atoms with E-state index in [9.17, 15) is 4.79 Å². The Bertz CT molecular complexity index is 1440. The van der Waals surface area contributed by atoms with E-state index >= 15 is 0 Å². The van der Waals surface area contributed by atoms with Crippen LogP contribution in [0.15, 0.2) is 83.5 Å². The summed E-state index contributed by atoms with van der Waals surface area (Å²) < 4.78 is 8.01. The van der Waals surface area contributed by atoms with Gasteiger partial charge in [0.2, 0.25) is 12.3 Å². The molecule has 8 heteroatoms. The maximum absolute atomic E-state index is 12.4. The van der Waals surface area contributed by atoms with Gasteiger partial charge in [-0.05, 0) is 48.0 Å². The molecule has 5 rings (SSSR count). The van der Waals surface area contributed by atoms with Gasteiger partial charge in [-0.15, -0.1) is 0 Å². The van der Waals surface area contributed by atoms with Gasteiger partial charge in [0.15, 0.2) is 0 Å². The molecule has 2 N–H and O–H groups in total. The Balaban J connectivity index is 1.60. The number of nitrogens with zero attached hydrogens (tertiary/aromatic N) is 4. The molecule has 2 aromatic carbocycles. The van der Waals surface area contributed by atoms with Gasteiger partial charge in [-0.3, -0.25) is 14.7 Å². The number of anilines is 2. The summed E-state index contributed by atoms with van der Waals surface area (Å²) >= 11 is 6.14. The molecule has 7 nitrogen and oxygen atoms in total. The molecule has 1 unspecified atom stereocenters. The zero-order valence-corrected chi connectivity index (χ0v) is 19.2. The number of pyridine rings is 1. The molecule has 170 valence electrons. The van der Waals surface area contributed by atoms with Crippen molar-refractivity contribution < 1.29 is 9.21 Å². The molecule has 0 radical (unpaired) electrons. The minimum absolute atomic E-state index is 0.408. The Hall–Kier alpha value is -4.10. The molecule has 3 heterocycles. The predicted octanol–water partition coefficient (Wildman–Crippen LogP) is 5.41. The molecule has 3 aromatic heterocycles. The van der Waals surface area contributed by atoms with Crippen molar-refractivity contribution in [3.8, 4) is 11.3 Å². The summed E-state index contributed by atoms with van der Waals surface area (Å²) in [5.41, 5.74) is 9.90. The monoisotopic (exact) mass is 471 g/mol. The molecule has 0 saturated heterocycles. The number of benzene rings is 2. The third-order valence-electron chi connectivity index (χ3n) is 5.83. The number of hydrogen-bond donors (Lipinski definition) is 1. The molecule has 0 aliphatic rings. The number of nitrogen functional groups attached to an aromatic ring is 1. The lowest BCUT2D eigenvalue weighted by Gasteiger charge is -2.26. The Kier molecular flexibility index (Phi) is 5.77. The first-order valence-electron chi connectivity index (χ1n) is 10.7. The predicted molar refractivity (Wildman–Crippen MR) is 134 cm³/mol. The summed E-state index contributed by atoms with van der Waals surface area (Å²) in [6, 6.07) is 20.0. The lowest BCUT2D eigenvalue weighted by atomic mass is 10.1. The number of nitrogens with two attached hydrogens (primary N) is 1. The van der Waals surface area contributed by atoms with Crippen LogP contribution in [0.5, 0.6) is 0 Å². The molecule has 0 aliphatic carbocycles. The van der Waals surface area contributed by atoms with E-state index in [0.29, 0.717) is 34.4 Å². The standard InChI is InChI=1S/C26H22ClN5O2/c1-31-23(17-5-8-20(28)9-6-17)15-30-26(31)22(14-21-4-2-3-11-29-21)32(16-33)25-13-18-12-19(27)7-10-24(18)34-25/h2-13,15-16,22H,14,28H2,1H3. The fourth-order valence-corrected chi connectivity index (χ4v) is 4.27. The third-order valence-corrected chi connectivity index (χ3v) is 6.06. The summed E-state index contributed by atoms with van der Waals surface area (Å²) in [4.78, 5) is 23.2. The van der Waals surface area contributed by atoms with Crippen molar-refractivity contribution in [1.82, 2.24) is 14.5 Å². The summed E-state index contributed by atoms with van der Waals surface area (Å²) in [5, 5.41) is 1.41. The number of fused-ring (bicyclic) bond motifs is 1. The van der Waals surface area contributed by atoms with Crippen molar-refractivity contribution in [1.29, 1.82) is 0 Å². The molecule has 5 aromatic rings. The number of carbonyl (C=O) groups is 1. The van der Waals surface area contributed by atoms with Crippen LogP contribution in [0.3, 0.4) is 0 Å². The Morgan fingerprint density at radius 3 is 2.68 bits per heavy atom. The first-order valence-corrected chi connectivity index (χ1v) is 11.1. The lowest BCUT2D eigenvalue weighted by molar-refractivity contribution is -0.108. The second kappa shape index (κ2) is 9.03. The third kappa shape index (κ3) is 4.13. The van der Waals surface area contributed by atoms with Crippen molar-refractivity contribution in [3.63, 3.8) is 0 Å². The minimum atomic E-state index is -0.462. The molecule has 0 fully saturated rings. The molecular formula is C26H22ClN5O2. The van der Waals surface area contributed by atoms with Gasteiger partial charge in [-0.1, -0.05) is 29.8 Å². The molecule has 34 heavy (non-hydrogen) atoms. The van der Waals surface area contributed by atoms with Crippen LogP contribution in [-0.2, 0) is 18.3 Å². The van der Waals surface area contributed by atoms with E-state index in [1.807, 2.05) is 60.1 Å². The molecule has 1 amide bonds. The number of halogens is 1. The molecule has 0 spiro atoms. The van der Waals surface area contributed by atoms with E-state index in [1.165, 1.54) is 0 Å². The van der Waals surface area contributed by atoms with Crippen molar-refractivity contribution >= 4 is 40.6 Å². The summed E-state index contributed by atoms with van der Waals surface area (Å²) in [5.74, 6) is 1.10. The molecule has 0 bridgehead atoms. The Labute approximate surface area is 201 Å². The maximum Gasteiger partial charge on any atom is 0.217 e. The fourth-order valence-electron chi connectivity index (χ4n) is 4.09. The van der Waals surface area contributed by atoms with E-state index in [1.54, 1.807) is 35.5 Å². The largest absolute Gasteiger partial charge is 0.440 e. The molecule has 0 aliphatic heterocycles. The summed E-state index contributed by atoms with van der Waals surface area (Å²) in [6.45, 7) is 0. The van der Waals surface area contributed by atoms with Crippen molar-refractivity contribution in [2.75, 3.05) is 10.6 Å². The van der Waals surface area contributed by atoms with Crippen LogP contribution in [0.25, 0.3) is 22.2 Å². The van der Waals surface area contributed by atoms with Gasteiger partial charge in [-0.2, -0.15) is 0 Å². The second-order valence-corrected chi connectivity index (χ2v) is 8.44. The van der Waals surface area contributed by atoms with Crippen LogP contribution < -0.4 is 10.6 Å². The highest BCUT2D eigenvalue weighted by atomic mass is 35.5. The number of furan rings is 1. The SMILES string of the molecule is Cn1c(-c2ccc(N)cc2)cnc1C(Cc1ccccn1)N(C=O)c1cc2cc(Cl)ccc2o1. The zero-order chi connectivity index (χ0) is 23.7. The second-order valence-electron chi connectivity index (χ2n) is 8.00. The van der Waals surface area contributed by atoms with E-state index in [2.05, 4.69) is 4.98 Å². The molecule has 1 atom stereocenters. The first kappa shape index (κ1) is 21.7. The van der Waals surface area contributed by atoms with E-state index < -0.39 is 6.04 Å². The van der Waals surface area contributed by atoms with E-state index in [-0.39, 0.29) is 0 Å². The average Bonchev–Trinajstić information content (AvgIpc) is 3.43. The average molecular weight is 472 g/mol. The highest BCUT2D eigenvalue weighted by Crippen LogP contribution is 2.34.